The lowest BCUT2D eigenvalue weighted by Gasteiger charge is -2.28. The van der Waals surface area contributed by atoms with E-state index in [9.17, 15) is 9.18 Å². The highest BCUT2D eigenvalue weighted by Crippen LogP contribution is 2.31. The van der Waals surface area contributed by atoms with Crippen LogP contribution in [0.2, 0.25) is 0 Å². The molecule has 154 valence electrons. The summed E-state index contributed by atoms with van der Waals surface area (Å²) in [7, 11) is 0. The molecule has 6 nitrogen and oxygen atoms in total. The molecule has 1 aliphatic heterocycles. The van der Waals surface area contributed by atoms with E-state index in [0.29, 0.717) is 24.8 Å². The van der Waals surface area contributed by atoms with E-state index in [1.807, 2.05) is 19.9 Å². The minimum Gasteiger partial charge on any atom is -0.490 e. The van der Waals surface area contributed by atoms with Crippen molar-refractivity contribution in [1.29, 1.82) is 0 Å². The monoisotopic (exact) mass is 390 g/mol. The van der Waals surface area contributed by atoms with E-state index in [-0.39, 0.29) is 17.4 Å². The molecule has 7 heteroatoms. The predicted molar refractivity (Wildman–Crippen MR) is 108 cm³/mol. The van der Waals surface area contributed by atoms with Crippen molar-refractivity contribution >= 4 is 6.03 Å². The van der Waals surface area contributed by atoms with Crippen LogP contribution in [0.5, 0.6) is 5.75 Å². The molecule has 2 aliphatic rings. The lowest BCUT2D eigenvalue weighted by molar-refractivity contribution is 0.221. The largest absolute Gasteiger partial charge is 0.490 e. The van der Waals surface area contributed by atoms with Crippen LogP contribution in [0.3, 0.4) is 0 Å². The predicted octanol–water partition coefficient (Wildman–Crippen LogP) is 2.92. The number of carbonyl (C=O) groups excluding carboxylic acids is 1. The van der Waals surface area contributed by atoms with Gasteiger partial charge in [-0.05, 0) is 56.7 Å². The Morgan fingerprint density at radius 2 is 2.18 bits per heavy atom. The van der Waals surface area contributed by atoms with Gasteiger partial charge in [0.15, 0.2) is 11.6 Å². The normalized spacial score (nSPS) is 17.4. The van der Waals surface area contributed by atoms with E-state index in [0.717, 1.165) is 31.6 Å². The third-order valence-corrected chi connectivity index (χ3v) is 5.10. The Morgan fingerprint density at radius 3 is 2.89 bits per heavy atom. The van der Waals surface area contributed by atoms with Gasteiger partial charge < -0.3 is 15.0 Å². The first-order valence-electron chi connectivity index (χ1n) is 10.1. The molecule has 0 unspecified atom stereocenters. The van der Waals surface area contributed by atoms with E-state index < -0.39 is 0 Å². The topological polar surface area (TPSA) is 65.6 Å². The van der Waals surface area contributed by atoms with Gasteiger partial charge >= 0.3 is 6.03 Å². The van der Waals surface area contributed by atoms with Crippen LogP contribution < -0.4 is 20.9 Å². The molecule has 1 saturated carbocycles. The number of urea groups is 1. The summed E-state index contributed by atoms with van der Waals surface area (Å²) in [4.78, 5) is 13.2. The smallest absolute Gasteiger partial charge is 0.317 e. The second-order valence-corrected chi connectivity index (χ2v) is 8.01. The second kappa shape index (κ2) is 9.39. The summed E-state index contributed by atoms with van der Waals surface area (Å²) in [5.74, 6) is 0.599. The zero-order valence-corrected chi connectivity index (χ0v) is 16.8. The van der Waals surface area contributed by atoms with Crippen LogP contribution in [0.4, 0.5) is 9.18 Å². The zero-order chi connectivity index (χ0) is 20.0. The third-order valence-electron chi connectivity index (χ3n) is 5.10. The Hall–Kier alpha value is -2.12. The van der Waals surface area contributed by atoms with Crippen molar-refractivity contribution in [3.63, 3.8) is 0 Å². The van der Waals surface area contributed by atoms with E-state index in [2.05, 4.69) is 22.2 Å². The molecule has 0 aromatic heterocycles. The number of rotatable bonds is 11. The van der Waals surface area contributed by atoms with Crippen LogP contribution in [-0.4, -0.2) is 43.7 Å². The number of ether oxygens (including phenoxy) is 1. The number of carbonyl (C=O) groups is 1. The fourth-order valence-corrected chi connectivity index (χ4v) is 3.01. The van der Waals surface area contributed by atoms with Crippen molar-refractivity contribution in [3.8, 4) is 5.75 Å². The molecule has 3 rings (SSSR count). The number of hydrazine groups is 1. The molecule has 1 aromatic rings. The molecule has 2 amide bonds. The Balaban J connectivity index is 1.40. The van der Waals surface area contributed by atoms with Crippen molar-refractivity contribution in [2.45, 2.75) is 38.6 Å². The highest BCUT2D eigenvalue weighted by atomic mass is 19.1. The molecule has 28 heavy (non-hydrogen) atoms. The Labute approximate surface area is 166 Å². The molecule has 0 spiro atoms. The first-order chi connectivity index (χ1) is 13.5. The third kappa shape index (κ3) is 5.94. The van der Waals surface area contributed by atoms with Gasteiger partial charge in [-0.25, -0.2) is 14.6 Å². The van der Waals surface area contributed by atoms with Crippen LogP contribution in [0, 0.1) is 11.7 Å². The van der Waals surface area contributed by atoms with Gasteiger partial charge in [-0.2, -0.15) is 0 Å². The number of halogens is 1. The maximum absolute atomic E-state index is 14.0. The minimum absolute atomic E-state index is 0.00553. The number of nitrogens with zero attached hydrogens (tertiary/aromatic N) is 1. The number of nitrogens with one attached hydrogen (secondary N) is 3. The molecule has 0 atom stereocenters. The average molecular weight is 391 g/mol. The van der Waals surface area contributed by atoms with Crippen molar-refractivity contribution in [2.24, 2.45) is 5.92 Å². The van der Waals surface area contributed by atoms with Gasteiger partial charge in [0, 0.05) is 26.2 Å². The summed E-state index contributed by atoms with van der Waals surface area (Å²) in [5.41, 5.74) is 7.12. The van der Waals surface area contributed by atoms with E-state index in [1.54, 1.807) is 17.0 Å². The zero-order valence-electron chi connectivity index (χ0n) is 16.8. The van der Waals surface area contributed by atoms with Gasteiger partial charge in [-0.1, -0.05) is 18.2 Å². The molecular formula is C21H31FN4O2. The number of hydrogen-bond acceptors (Lipinski definition) is 4. The highest BCUT2D eigenvalue weighted by Gasteiger charge is 2.24. The Kier molecular flexibility index (Phi) is 6.91. The summed E-state index contributed by atoms with van der Waals surface area (Å²) in [6.45, 7) is 7.56. The summed E-state index contributed by atoms with van der Waals surface area (Å²) in [6.07, 6.45) is 7.28. The summed E-state index contributed by atoms with van der Waals surface area (Å²) in [6, 6.07) is 5.05. The van der Waals surface area contributed by atoms with Crippen LogP contribution in [0.1, 0.15) is 38.7 Å². The van der Waals surface area contributed by atoms with Crippen molar-refractivity contribution in [1.82, 2.24) is 21.1 Å². The van der Waals surface area contributed by atoms with Gasteiger partial charge in [0.05, 0.1) is 12.1 Å². The summed E-state index contributed by atoms with van der Waals surface area (Å²) in [5, 5.41) is 2.79. The maximum atomic E-state index is 14.0. The van der Waals surface area contributed by atoms with Crippen LogP contribution >= 0.6 is 0 Å². The molecule has 0 bridgehead atoms. The quantitative estimate of drug-likeness (QED) is 0.309. The summed E-state index contributed by atoms with van der Waals surface area (Å²) < 4.78 is 19.6. The SMILES string of the molecule is CC(C)(NNCC/C=C/CN1CCNC1=O)c1ccc(F)c(OCC2CC2)c1. The Morgan fingerprint density at radius 1 is 1.36 bits per heavy atom. The molecule has 0 radical (unpaired) electrons. The fraction of sp³-hybridized carbons (Fsp3) is 0.571. The molecule has 3 N–H and O–H groups in total. The number of amides is 2. The standard InChI is InChI=1S/C21H31FN4O2/c1-21(2,17-8-9-18(22)19(14-17)28-15-16-6-7-16)25-24-10-4-3-5-12-26-13-11-23-20(26)27/h3,5,8-9,14,16,24-25H,4,6-7,10-13,15H2,1-2H3,(H,23,27)/b5-3+. The molecule has 1 heterocycles. The van der Waals surface area contributed by atoms with Gasteiger partial charge in [0.25, 0.3) is 0 Å². The van der Waals surface area contributed by atoms with Crippen LogP contribution in [0.25, 0.3) is 0 Å². The number of benzene rings is 1. The van der Waals surface area contributed by atoms with Crippen LogP contribution in [0.15, 0.2) is 30.4 Å². The first-order valence-corrected chi connectivity index (χ1v) is 10.1. The van der Waals surface area contributed by atoms with Crippen LogP contribution in [-0.2, 0) is 5.54 Å². The van der Waals surface area contributed by atoms with Gasteiger partial charge in [0.1, 0.15) is 0 Å². The average Bonchev–Trinajstić information content (AvgIpc) is 3.41. The minimum atomic E-state index is -0.372. The lowest BCUT2D eigenvalue weighted by atomic mass is 9.95. The molecule has 2 fully saturated rings. The first kappa shape index (κ1) is 20.6. The maximum Gasteiger partial charge on any atom is 0.317 e. The summed E-state index contributed by atoms with van der Waals surface area (Å²) >= 11 is 0. The van der Waals surface area contributed by atoms with E-state index in [4.69, 9.17) is 4.74 Å². The highest BCUT2D eigenvalue weighted by molar-refractivity contribution is 5.76. The van der Waals surface area contributed by atoms with Gasteiger partial charge in [-0.3, -0.25) is 5.43 Å². The van der Waals surface area contributed by atoms with Gasteiger partial charge in [0.2, 0.25) is 0 Å². The fourth-order valence-electron chi connectivity index (χ4n) is 3.01. The second-order valence-electron chi connectivity index (χ2n) is 8.01. The molecule has 1 aromatic carbocycles. The Bertz CT molecular complexity index is 704. The molecular weight excluding hydrogens is 359 g/mol. The van der Waals surface area contributed by atoms with E-state index in [1.165, 1.54) is 18.9 Å². The van der Waals surface area contributed by atoms with Crippen molar-refractivity contribution < 1.29 is 13.9 Å². The molecule has 1 aliphatic carbocycles. The van der Waals surface area contributed by atoms with Crippen molar-refractivity contribution in [2.75, 3.05) is 32.8 Å². The molecule has 1 saturated heterocycles. The number of hydrogen-bond donors (Lipinski definition) is 3. The van der Waals surface area contributed by atoms with Crippen molar-refractivity contribution in [3.05, 3.63) is 41.7 Å². The lowest BCUT2D eigenvalue weighted by Crippen LogP contribution is -2.46. The van der Waals surface area contributed by atoms with Gasteiger partial charge in [-0.15, -0.1) is 0 Å². The van der Waals surface area contributed by atoms with E-state index >= 15 is 0 Å².